The Morgan fingerprint density at radius 3 is 2.90 bits per heavy atom. The van der Waals surface area contributed by atoms with Crippen LogP contribution in [-0.2, 0) is 4.79 Å². The van der Waals surface area contributed by atoms with Gasteiger partial charge in [-0.2, -0.15) is 16.8 Å². The van der Waals surface area contributed by atoms with Crippen molar-refractivity contribution in [2.45, 2.75) is 11.8 Å². The summed E-state index contributed by atoms with van der Waals surface area (Å²) in [6, 6.07) is 0. The van der Waals surface area contributed by atoms with Crippen LogP contribution in [0.3, 0.4) is 0 Å². The molecule has 1 aliphatic rings. The predicted octanol–water partition coefficient (Wildman–Crippen LogP) is 1.52. The van der Waals surface area contributed by atoms with Gasteiger partial charge in [0.2, 0.25) is 6.08 Å². The van der Waals surface area contributed by atoms with Crippen LogP contribution in [0.5, 0.6) is 0 Å². The highest BCUT2D eigenvalue weighted by Crippen LogP contribution is 2.34. The van der Waals surface area contributed by atoms with Crippen LogP contribution in [0.2, 0.25) is 0 Å². The Morgan fingerprint density at radius 2 is 2.40 bits per heavy atom. The number of aliphatic imine (C=N–C) groups is 1. The van der Waals surface area contributed by atoms with Crippen LogP contribution in [0, 0.1) is 0 Å². The van der Waals surface area contributed by atoms with E-state index in [2.05, 4.69) is 4.99 Å². The molecule has 1 saturated heterocycles. The van der Waals surface area contributed by atoms with Crippen LogP contribution in [0.1, 0.15) is 6.92 Å². The number of hydrogen-bond acceptors (Lipinski definition) is 4. The van der Waals surface area contributed by atoms with Crippen molar-refractivity contribution in [3.8, 4) is 0 Å². The van der Waals surface area contributed by atoms with Gasteiger partial charge >= 0.3 is 0 Å². The molecular weight excluding hydrogens is 166 g/mol. The molecule has 10 heavy (non-hydrogen) atoms. The Labute approximate surface area is 68.9 Å². The topological polar surface area (TPSA) is 29.4 Å². The number of hydrogen-bond donors (Lipinski definition) is 0. The SMILES string of the molecule is CC1(N=C=O)CSCCS1. The van der Waals surface area contributed by atoms with Gasteiger partial charge in [-0.1, -0.05) is 0 Å². The summed E-state index contributed by atoms with van der Waals surface area (Å²) in [7, 11) is 0. The molecule has 0 spiro atoms. The first kappa shape index (κ1) is 8.18. The van der Waals surface area contributed by atoms with Gasteiger partial charge in [0.15, 0.2) is 0 Å². The van der Waals surface area contributed by atoms with Gasteiger partial charge in [-0.25, -0.2) is 4.79 Å². The number of nitrogens with zero attached hydrogens (tertiary/aromatic N) is 1. The molecule has 0 N–H and O–H groups in total. The zero-order chi connectivity index (χ0) is 7.45. The summed E-state index contributed by atoms with van der Waals surface area (Å²) < 4.78 is 0. The molecule has 0 bridgehead atoms. The van der Waals surface area contributed by atoms with Gasteiger partial charge in [0, 0.05) is 17.3 Å². The maximum absolute atomic E-state index is 9.96. The lowest BCUT2D eigenvalue weighted by Crippen LogP contribution is -2.25. The Hall–Kier alpha value is 0.0800. The molecule has 1 unspecified atom stereocenters. The molecular formula is C6H9NOS2. The van der Waals surface area contributed by atoms with Gasteiger partial charge in [-0.3, -0.25) is 0 Å². The normalized spacial score (nSPS) is 32.9. The summed E-state index contributed by atoms with van der Waals surface area (Å²) in [4.78, 5) is 13.5. The van der Waals surface area contributed by atoms with E-state index in [-0.39, 0.29) is 4.87 Å². The lowest BCUT2D eigenvalue weighted by atomic mass is 10.4. The summed E-state index contributed by atoms with van der Waals surface area (Å²) >= 11 is 3.59. The van der Waals surface area contributed by atoms with E-state index in [0.29, 0.717) is 0 Å². The first-order valence-electron chi connectivity index (χ1n) is 3.08. The van der Waals surface area contributed by atoms with E-state index in [1.807, 2.05) is 18.7 Å². The quantitative estimate of drug-likeness (QED) is 0.447. The smallest absolute Gasteiger partial charge is 0.211 e. The molecule has 4 heteroatoms. The van der Waals surface area contributed by atoms with Crippen LogP contribution in [0.25, 0.3) is 0 Å². The Balaban J connectivity index is 2.56. The van der Waals surface area contributed by atoms with Crippen molar-refractivity contribution in [3.05, 3.63) is 0 Å². The average Bonchev–Trinajstić information content (AvgIpc) is 1.89. The number of carbonyl (C=O) groups excluding carboxylic acids is 1. The predicted molar refractivity (Wildman–Crippen MR) is 46.3 cm³/mol. The van der Waals surface area contributed by atoms with Gasteiger partial charge in [-0.15, -0.1) is 11.8 Å². The van der Waals surface area contributed by atoms with Crippen molar-refractivity contribution < 1.29 is 4.79 Å². The van der Waals surface area contributed by atoms with Gasteiger partial charge < -0.3 is 0 Å². The fourth-order valence-corrected chi connectivity index (χ4v) is 3.30. The highest BCUT2D eigenvalue weighted by Gasteiger charge is 2.26. The molecule has 0 aromatic carbocycles. The monoisotopic (exact) mass is 175 g/mol. The third-order valence-corrected chi connectivity index (χ3v) is 4.26. The third kappa shape index (κ3) is 2.04. The van der Waals surface area contributed by atoms with E-state index in [4.69, 9.17) is 0 Å². The number of rotatable bonds is 1. The lowest BCUT2D eigenvalue weighted by Gasteiger charge is -2.26. The van der Waals surface area contributed by atoms with Crippen LogP contribution in [-0.4, -0.2) is 28.2 Å². The Bertz CT molecular complexity index is 159. The molecule has 1 fully saturated rings. The fraction of sp³-hybridized carbons (Fsp3) is 0.833. The zero-order valence-electron chi connectivity index (χ0n) is 5.79. The summed E-state index contributed by atoms with van der Waals surface area (Å²) in [5, 5.41) is 0. The van der Waals surface area contributed by atoms with E-state index in [9.17, 15) is 4.79 Å². The molecule has 0 aromatic rings. The number of isocyanates is 1. The molecule has 1 heterocycles. The molecule has 56 valence electrons. The van der Waals surface area contributed by atoms with Crippen LogP contribution < -0.4 is 0 Å². The Kier molecular flexibility index (Phi) is 2.83. The molecule has 2 nitrogen and oxygen atoms in total. The van der Waals surface area contributed by atoms with Crippen molar-refractivity contribution in [3.63, 3.8) is 0 Å². The first-order chi connectivity index (χ1) is 4.77. The van der Waals surface area contributed by atoms with E-state index < -0.39 is 0 Å². The summed E-state index contributed by atoms with van der Waals surface area (Å²) in [6.45, 7) is 1.98. The van der Waals surface area contributed by atoms with Gasteiger partial charge in [0.1, 0.15) is 4.87 Å². The van der Waals surface area contributed by atoms with Gasteiger partial charge in [-0.05, 0) is 6.92 Å². The van der Waals surface area contributed by atoms with Crippen molar-refractivity contribution in [1.82, 2.24) is 0 Å². The third-order valence-electron chi connectivity index (χ3n) is 1.29. The second-order valence-corrected chi connectivity index (χ2v) is 4.96. The molecule has 1 atom stereocenters. The standard InChI is InChI=1S/C6H9NOS2/c1-6(7-5-8)4-9-2-3-10-6/h2-4H2,1H3. The minimum Gasteiger partial charge on any atom is -0.211 e. The van der Waals surface area contributed by atoms with E-state index >= 15 is 0 Å². The molecule has 0 saturated carbocycles. The van der Waals surface area contributed by atoms with Gasteiger partial charge in [0.05, 0.1) is 0 Å². The fourth-order valence-electron chi connectivity index (χ4n) is 0.785. The van der Waals surface area contributed by atoms with E-state index in [0.717, 1.165) is 11.5 Å². The highest BCUT2D eigenvalue weighted by molar-refractivity contribution is 8.07. The molecule has 0 radical (unpaired) electrons. The molecule has 1 rings (SSSR count). The molecule has 0 aromatic heterocycles. The first-order valence-corrected chi connectivity index (χ1v) is 5.22. The van der Waals surface area contributed by atoms with E-state index in [1.54, 1.807) is 17.8 Å². The Morgan fingerprint density at radius 1 is 1.60 bits per heavy atom. The van der Waals surface area contributed by atoms with E-state index in [1.165, 1.54) is 5.75 Å². The second kappa shape index (κ2) is 3.46. The zero-order valence-corrected chi connectivity index (χ0v) is 7.43. The summed E-state index contributed by atoms with van der Waals surface area (Å²) in [5.41, 5.74) is 0. The van der Waals surface area contributed by atoms with Crippen molar-refractivity contribution in [1.29, 1.82) is 0 Å². The largest absolute Gasteiger partial charge is 0.236 e. The summed E-state index contributed by atoms with van der Waals surface area (Å²) in [5.74, 6) is 3.20. The lowest BCUT2D eigenvalue weighted by molar-refractivity contribution is 0.558. The average molecular weight is 175 g/mol. The van der Waals surface area contributed by atoms with Crippen molar-refractivity contribution in [2.75, 3.05) is 17.3 Å². The number of thioether (sulfide) groups is 2. The van der Waals surface area contributed by atoms with Gasteiger partial charge in [0.25, 0.3) is 0 Å². The summed E-state index contributed by atoms with van der Waals surface area (Å²) in [6.07, 6.45) is 1.62. The second-order valence-electron chi connectivity index (χ2n) is 2.28. The minimum absolute atomic E-state index is 0.190. The highest BCUT2D eigenvalue weighted by atomic mass is 32.2. The maximum Gasteiger partial charge on any atom is 0.236 e. The van der Waals surface area contributed by atoms with Crippen molar-refractivity contribution in [2.24, 2.45) is 4.99 Å². The maximum atomic E-state index is 9.96. The van der Waals surface area contributed by atoms with Crippen LogP contribution in [0.15, 0.2) is 4.99 Å². The minimum atomic E-state index is -0.190. The molecule has 0 amide bonds. The molecule has 1 aliphatic heterocycles. The molecule has 0 aliphatic carbocycles. The van der Waals surface area contributed by atoms with Crippen molar-refractivity contribution >= 4 is 29.6 Å². The van der Waals surface area contributed by atoms with Crippen LogP contribution in [0.4, 0.5) is 0 Å². The van der Waals surface area contributed by atoms with Crippen LogP contribution >= 0.6 is 23.5 Å².